The van der Waals surface area contributed by atoms with E-state index in [2.05, 4.69) is 5.32 Å². The maximum absolute atomic E-state index is 12.4. The second-order valence-corrected chi connectivity index (χ2v) is 5.73. The molecule has 0 spiro atoms. The zero-order chi connectivity index (χ0) is 18.6. The molecule has 0 aliphatic carbocycles. The van der Waals surface area contributed by atoms with Crippen LogP contribution >= 0.6 is 23.2 Å². The smallest absolute Gasteiger partial charge is 0.416 e. The Bertz CT molecular complexity index is 772. The summed E-state index contributed by atoms with van der Waals surface area (Å²) in [5.41, 5.74) is -0.630. The number of hydrogen-bond acceptors (Lipinski definition) is 3. The van der Waals surface area contributed by atoms with Crippen LogP contribution in [0.2, 0.25) is 10.0 Å². The van der Waals surface area contributed by atoms with E-state index in [1.807, 2.05) is 0 Å². The van der Waals surface area contributed by atoms with E-state index in [4.69, 9.17) is 27.9 Å². The molecule has 0 fully saturated rings. The molecule has 4 nitrogen and oxygen atoms in total. The highest BCUT2D eigenvalue weighted by atomic mass is 35.5. The van der Waals surface area contributed by atoms with Crippen molar-refractivity contribution >= 4 is 40.8 Å². The molecular weight excluding hydrogens is 382 g/mol. The summed E-state index contributed by atoms with van der Waals surface area (Å²) in [5, 5.41) is 2.78. The third-order valence-corrected chi connectivity index (χ3v) is 3.37. The number of ether oxygens (including phenoxy) is 1. The van der Waals surface area contributed by atoms with Gasteiger partial charge in [-0.1, -0.05) is 23.2 Å². The topological polar surface area (TPSA) is 55.4 Å². The average molecular weight is 392 g/mol. The molecule has 9 heteroatoms. The Kier molecular flexibility index (Phi) is 5.92. The molecule has 0 saturated heterocycles. The van der Waals surface area contributed by atoms with Crippen molar-refractivity contribution in [2.45, 2.75) is 6.18 Å². The number of hydrogen-bond donors (Lipinski definition) is 1. The number of carbonyl (C=O) groups is 2. The number of amides is 1. The fourth-order valence-corrected chi connectivity index (χ4v) is 2.35. The highest BCUT2D eigenvalue weighted by Gasteiger charge is 2.30. The van der Waals surface area contributed by atoms with Crippen LogP contribution in [0.4, 0.5) is 18.9 Å². The van der Waals surface area contributed by atoms with Gasteiger partial charge in [-0.15, -0.1) is 0 Å². The second-order valence-electron chi connectivity index (χ2n) is 4.86. The van der Waals surface area contributed by atoms with E-state index in [9.17, 15) is 22.8 Å². The molecule has 1 N–H and O–H groups in total. The largest absolute Gasteiger partial charge is 0.452 e. The summed E-state index contributed by atoms with van der Waals surface area (Å²) in [4.78, 5) is 23.5. The van der Waals surface area contributed by atoms with Crippen LogP contribution in [0.25, 0.3) is 0 Å². The molecule has 2 aromatic carbocycles. The van der Waals surface area contributed by atoms with Gasteiger partial charge in [-0.2, -0.15) is 13.2 Å². The molecule has 25 heavy (non-hydrogen) atoms. The molecule has 0 aliphatic heterocycles. The minimum atomic E-state index is -4.46. The van der Waals surface area contributed by atoms with Crippen LogP contribution in [-0.4, -0.2) is 18.5 Å². The molecule has 0 aliphatic rings. The van der Waals surface area contributed by atoms with E-state index in [0.717, 1.165) is 24.3 Å². The number of alkyl halides is 3. The first kappa shape index (κ1) is 19.1. The lowest BCUT2D eigenvalue weighted by Crippen LogP contribution is -2.21. The molecule has 2 aromatic rings. The van der Waals surface area contributed by atoms with Crippen molar-refractivity contribution in [3.8, 4) is 0 Å². The van der Waals surface area contributed by atoms with Crippen LogP contribution in [0.3, 0.4) is 0 Å². The van der Waals surface area contributed by atoms with E-state index in [1.165, 1.54) is 18.2 Å². The van der Waals surface area contributed by atoms with E-state index >= 15 is 0 Å². The van der Waals surface area contributed by atoms with Crippen molar-refractivity contribution < 1.29 is 27.5 Å². The highest BCUT2D eigenvalue weighted by Crippen LogP contribution is 2.29. The molecule has 0 bridgehead atoms. The average Bonchev–Trinajstić information content (AvgIpc) is 2.51. The molecule has 132 valence electrons. The van der Waals surface area contributed by atoms with E-state index in [1.54, 1.807) is 0 Å². The number of nitrogens with one attached hydrogen (secondary N) is 1. The molecule has 2 rings (SSSR count). The summed E-state index contributed by atoms with van der Waals surface area (Å²) < 4.78 is 42.1. The zero-order valence-electron chi connectivity index (χ0n) is 12.4. The van der Waals surface area contributed by atoms with Gasteiger partial charge in [-0.25, -0.2) is 4.79 Å². The number of halogens is 5. The Labute approximate surface area is 150 Å². The standard InChI is InChI=1S/C16H10Cl2F3NO3/c17-11-5-9(6-12(18)7-11)15(24)25-8-14(23)22-13-3-1-10(2-4-13)16(19,20)21/h1-7H,8H2,(H,22,23). The van der Waals surface area contributed by atoms with Crippen molar-refractivity contribution in [3.63, 3.8) is 0 Å². The van der Waals surface area contributed by atoms with Gasteiger partial charge in [0, 0.05) is 15.7 Å². The molecule has 0 saturated carbocycles. The Morgan fingerprint density at radius 1 is 1.00 bits per heavy atom. The van der Waals surface area contributed by atoms with Gasteiger partial charge in [0.2, 0.25) is 0 Å². The van der Waals surface area contributed by atoms with Crippen LogP contribution in [0.15, 0.2) is 42.5 Å². The van der Waals surface area contributed by atoms with E-state index < -0.39 is 30.2 Å². The van der Waals surface area contributed by atoms with Crippen molar-refractivity contribution in [2.24, 2.45) is 0 Å². The predicted octanol–water partition coefficient (Wildman–Crippen LogP) is 4.81. The second kappa shape index (κ2) is 7.76. The van der Waals surface area contributed by atoms with Gasteiger partial charge in [0.15, 0.2) is 6.61 Å². The molecule has 0 heterocycles. The summed E-state index contributed by atoms with van der Waals surface area (Å²) in [6.07, 6.45) is -4.46. The first-order chi connectivity index (χ1) is 11.6. The summed E-state index contributed by atoms with van der Waals surface area (Å²) in [5.74, 6) is -1.52. The van der Waals surface area contributed by atoms with Crippen LogP contribution in [0.5, 0.6) is 0 Å². The molecule has 0 unspecified atom stereocenters. The molecular formula is C16H10Cl2F3NO3. The fourth-order valence-electron chi connectivity index (χ4n) is 1.83. The van der Waals surface area contributed by atoms with Crippen LogP contribution in [-0.2, 0) is 15.7 Å². The van der Waals surface area contributed by atoms with Gasteiger partial charge in [0.25, 0.3) is 5.91 Å². The summed E-state index contributed by atoms with van der Waals surface area (Å²) in [6.45, 7) is -0.621. The first-order valence-electron chi connectivity index (χ1n) is 6.75. The molecule has 0 atom stereocenters. The number of anilines is 1. The van der Waals surface area contributed by atoms with E-state index in [0.29, 0.717) is 0 Å². The molecule has 1 amide bonds. The quantitative estimate of drug-likeness (QED) is 0.761. The number of carbonyl (C=O) groups excluding carboxylic acids is 2. The van der Waals surface area contributed by atoms with Gasteiger partial charge < -0.3 is 10.1 Å². The normalized spacial score (nSPS) is 11.1. The van der Waals surface area contributed by atoms with Gasteiger partial charge in [0.05, 0.1) is 11.1 Å². The minimum absolute atomic E-state index is 0.0693. The first-order valence-corrected chi connectivity index (χ1v) is 7.51. The summed E-state index contributed by atoms with van der Waals surface area (Å²) in [6, 6.07) is 7.92. The van der Waals surface area contributed by atoms with E-state index in [-0.39, 0.29) is 21.3 Å². The van der Waals surface area contributed by atoms with Gasteiger partial charge in [-0.3, -0.25) is 4.79 Å². The number of benzene rings is 2. The van der Waals surface area contributed by atoms with Crippen LogP contribution in [0.1, 0.15) is 15.9 Å². The van der Waals surface area contributed by atoms with Gasteiger partial charge in [0.1, 0.15) is 0 Å². The Morgan fingerprint density at radius 2 is 1.56 bits per heavy atom. The lowest BCUT2D eigenvalue weighted by Gasteiger charge is -2.09. The summed E-state index contributed by atoms with van der Waals surface area (Å²) in [7, 11) is 0. The zero-order valence-corrected chi connectivity index (χ0v) is 13.9. The number of esters is 1. The van der Waals surface area contributed by atoms with Crippen LogP contribution in [0, 0.1) is 0 Å². The maximum atomic E-state index is 12.4. The summed E-state index contributed by atoms with van der Waals surface area (Å²) >= 11 is 11.5. The minimum Gasteiger partial charge on any atom is -0.452 e. The van der Waals surface area contributed by atoms with Crippen molar-refractivity contribution in [2.75, 3.05) is 11.9 Å². The third kappa shape index (κ3) is 5.65. The van der Waals surface area contributed by atoms with Crippen molar-refractivity contribution in [1.29, 1.82) is 0 Å². The van der Waals surface area contributed by atoms with Gasteiger partial charge >= 0.3 is 12.1 Å². The lowest BCUT2D eigenvalue weighted by molar-refractivity contribution is -0.137. The predicted molar refractivity (Wildman–Crippen MR) is 86.8 cm³/mol. The Balaban J connectivity index is 1.91. The Morgan fingerprint density at radius 3 is 2.08 bits per heavy atom. The molecule has 0 radical (unpaired) electrons. The lowest BCUT2D eigenvalue weighted by atomic mass is 10.2. The Hall–Kier alpha value is -2.25. The maximum Gasteiger partial charge on any atom is 0.416 e. The van der Waals surface area contributed by atoms with Crippen molar-refractivity contribution in [3.05, 3.63) is 63.6 Å². The third-order valence-electron chi connectivity index (χ3n) is 2.93. The highest BCUT2D eigenvalue weighted by molar-refractivity contribution is 6.35. The van der Waals surface area contributed by atoms with Crippen molar-refractivity contribution in [1.82, 2.24) is 0 Å². The monoisotopic (exact) mass is 391 g/mol. The number of rotatable bonds is 4. The van der Waals surface area contributed by atoms with Gasteiger partial charge in [-0.05, 0) is 42.5 Å². The molecule has 0 aromatic heterocycles. The fraction of sp³-hybridized carbons (Fsp3) is 0.125. The SMILES string of the molecule is O=C(COC(=O)c1cc(Cl)cc(Cl)c1)Nc1ccc(C(F)(F)F)cc1. The van der Waals surface area contributed by atoms with Crippen LogP contribution < -0.4 is 5.32 Å².